The molecule has 0 aliphatic carbocycles. The van der Waals surface area contributed by atoms with Crippen LogP contribution in [0.4, 0.5) is 26.2 Å². The summed E-state index contributed by atoms with van der Waals surface area (Å²) in [6.07, 6.45) is 3.39. The van der Waals surface area contributed by atoms with Gasteiger partial charge in [0.2, 0.25) is 5.91 Å². The van der Waals surface area contributed by atoms with Crippen LogP contribution in [-0.4, -0.2) is 57.3 Å². The molecule has 0 saturated carbocycles. The van der Waals surface area contributed by atoms with Gasteiger partial charge in [0.1, 0.15) is 10.0 Å². The number of carbonyl (C=O) groups is 3. The highest BCUT2D eigenvalue weighted by Gasteiger charge is 2.34. The third-order valence-electron chi connectivity index (χ3n) is 6.80. The largest absolute Gasteiger partial charge is 0.385 e. The van der Waals surface area contributed by atoms with Gasteiger partial charge in [-0.25, -0.2) is 27.2 Å². The van der Waals surface area contributed by atoms with Gasteiger partial charge in [-0.3, -0.25) is 9.59 Å². The van der Waals surface area contributed by atoms with Crippen molar-refractivity contribution in [3.63, 3.8) is 0 Å². The highest BCUT2D eigenvalue weighted by atomic mass is 35.5. The van der Waals surface area contributed by atoms with Crippen molar-refractivity contribution >= 4 is 67.9 Å². The Kier molecular flexibility index (Phi) is 8.59. The lowest BCUT2D eigenvalue weighted by Crippen LogP contribution is -2.43. The highest BCUT2D eigenvalue weighted by Crippen LogP contribution is 2.31. The minimum Gasteiger partial charge on any atom is -0.385 e. The van der Waals surface area contributed by atoms with Gasteiger partial charge in [0.25, 0.3) is 15.9 Å². The van der Waals surface area contributed by atoms with E-state index in [-0.39, 0.29) is 26.3 Å². The number of anilines is 3. The van der Waals surface area contributed by atoms with Gasteiger partial charge in [0.05, 0.1) is 16.4 Å². The van der Waals surface area contributed by atoms with E-state index in [1.165, 1.54) is 37.1 Å². The number of nitrogens with one attached hydrogen (secondary N) is 3. The molecule has 3 aromatic rings. The average molecular weight is 620 g/mol. The molecule has 2 aliphatic rings. The molecule has 3 heterocycles. The second-order valence-corrected chi connectivity index (χ2v) is 13.3. The number of benzene rings is 2. The van der Waals surface area contributed by atoms with Crippen LogP contribution in [0.25, 0.3) is 0 Å². The predicted octanol–water partition coefficient (Wildman–Crippen LogP) is 4.68. The molecule has 2 aliphatic heterocycles. The predicted molar refractivity (Wildman–Crippen MR) is 156 cm³/mol. The van der Waals surface area contributed by atoms with Crippen molar-refractivity contribution < 1.29 is 27.2 Å². The highest BCUT2D eigenvalue weighted by molar-refractivity contribution is 7.92. The lowest BCUT2D eigenvalue weighted by atomic mass is 9.97. The lowest BCUT2D eigenvalue weighted by Gasteiger charge is -2.27. The Morgan fingerprint density at radius 3 is 2.49 bits per heavy atom. The average Bonchev–Trinajstić information content (AvgIpc) is 3.59. The Labute approximate surface area is 245 Å². The summed E-state index contributed by atoms with van der Waals surface area (Å²) in [7, 11) is -4.18. The number of halogens is 2. The van der Waals surface area contributed by atoms with Gasteiger partial charge in [-0.15, -0.1) is 11.3 Å². The van der Waals surface area contributed by atoms with Crippen molar-refractivity contribution in [1.82, 2.24) is 9.62 Å². The van der Waals surface area contributed by atoms with Crippen LogP contribution in [0.3, 0.4) is 0 Å². The summed E-state index contributed by atoms with van der Waals surface area (Å²) in [5.41, 5.74) is 1.31. The maximum atomic E-state index is 15.1. The molecular weight excluding hydrogens is 593 g/mol. The standard InChI is InChI=1S/C27H27ClFN5O5S2/c28-23-8-9-25(40-23)41(38,39)32-27(37)31-19-5-7-22(21(29)16-19)34-24(35)15-17-14-18(4-6-20(17)26(34)36)30-10-3-13-33-11-1-2-12-33/h4-9,14,16,30H,1-3,10-13,15H2,(H2,31,32,37). The molecule has 0 radical (unpaired) electrons. The first-order chi connectivity index (χ1) is 19.6. The number of nitrogens with zero attached hydrogens (tertiary/aromatic N) is 2. The monoisotopic (exact) mass is 619 g/mol. The number of thiophene rings is 1. The Balaban J connectivity index is 1.22. The van der Waals surface area contributed by atoms with E-state index in [1.807, 2.05) is 4.72 Å². The molecule has 1 fully saturated rings. The van der Waals surface area contributed by atoms with E-state index >= 15 is 4.39 Å². The second-order valence-electron chi connectivity index (χ2n) is 9.70. The number of hydrogen-bond acceptors (Lipinski definition) is 8. The van der Waals surface area contributed by atoms with Crippen LogP contribution >= 0.6 is 22.9 Å². The smallest absolute Gasteiger partial charge is 0.333 e. The second kappa shape index (κ2) is 12.1. The number of carbonyl (C=O) groups excluding carboxylic acids is 3. The van der Waals surface area contributed by atoms with Crippen molar-refractivity contribution in [3.05, 3.63) is 69.8 Å². The van der Waals surface area contributed by atoms with Crippen LogP contribution in [0, 0.1) is 5.82 Å². The van der Waals surface area contributed by atoms with Crippen LogP contribution in [0.1, 0.15) is 35.2 Å². The number of likely N-dealkylation sites (tertiary alicyclic amines) is 1. The van der Waals surface area contributed by atoms with Gasteiger partial charge >= 0.3 is 6.03 Å². The fraction of sp³-hybridized carbons (Fsp3) is 0.296. The molecule has 41 heavy (non-hydrogen) atoms. The molecule has 0 unspecified atom stereocenters. The summed E-state index contributed by atoms with van der Waals surface area (Å²) >= 11 is 6.52. The van der Waals surface area contributed by atoms with E-state index in [9.17, 15) is 22.8 Å². The van der Waals surface area contributed by atoms with Gasteiger partial charge in [0.15, 0.2) is 0 Å². The molecular formula is C27H27ClFN5O5S2. The van der Waals surface area contributed by atoms with E-state index < -0.39 is 33.7 Å². The normalized spacial score (nSPS) is 15.6. The quantitative estimate of drug-likeness (QED) is 0.234. The Morgan fingerprint density at radius 1 is 1.02 bits per heavy atom. The van der Waals surface area contributed by atoms with E-state index in [0.717, 1.165) is 60.6 Å². The van der Waals surface area contributed by atoms with Crippen LogP contribution in [-0.2, 0) is 21.2 Å². The fourth-order valence-electron chi connectivity index (χ4n) is 4.86. The van der Waals surface area contributed by atoms with Crippen molar-refractivity contribution in [1.29, 1.82) is 0 Å². The molecule has 0 bridgehead atoms. The maximum Gasteiger partial charge on any atom is 0.333 e. The van der Waals surface area contributed by atoms with Gasteiger partial charge in [-0.05, 0) is 93.0 Å². The summed E-state index contributed by atoms with van der Waals surface area (Å²) in [5.74, 6) is -2.20. The number of sulfonamides is 1. The van der Waals surface area contributed by atoms with E-state index in [0.29, 0.717) is 11.1 Å². The van der Waals surface area contributed by atoms with Gasteiger partial charge < -0.3 is 15.5 Å². The van der Waals surface area contributed by atoms with Crippen molar-refractivity contribution in [2.75, 3.05) is 41.7 Å². The van der Waals surface area contributed by atoms with Crippen molar-refractivity contribution in [2.45, 2.75) is 29.9 Å². The molecule has 5 rings (SSSR count). The molecule has 3 N–H and O–H groups in total. The summed E-state index contributed by atoms with van der Waals surface area (Å²) in [5, 5.41) is 5.57. The molecule has 4 amide bonds. The number of rotatable bonds is 9. The lowest BCUT2D eigenvalue weighted by molar-refractivity contribution is -0.117. The summed E-state index contributed by atoms with van der Waals surface area (Å²) in [6, 6.07) is 10.00. The fourth-order valence-corrected chi connectivity index (χ4v) is 7.25. The van der Waals surface area contributed by atoms with E-state index in [1.54, 1.807) is 18.2 Å². The molecule has 2 aromatic carbocycles. The first kappa shape index (κ1) is 29.0. The summed E-state index contributed by atoms with van der Waals surface area (Å²) < 4.78 is 41.6. The van der Waals surface area contributed by atoms with Crippen LogP contribution in [0.5, 0.6) is 0 Å². The number of hydrogen-bond donors (Lipinski definition) is 3. The molecule has 216 valence electrons. The number of fused-ring (bicyclic) bond motifs is 1. The summed E-state index contributed by atoms with van der Waals surface area (Å²) in [4.78, 5) is 41.6. The first-order valence-electron chi connectivity index (χ1n) is 13.0. The molecule has 1 saturated heterocycles. The zero-order valence-corrected chi connectivity index (χ0v) is 24.2. The Hall–Kier alpha value is -3.52. The topological polar surface area (TPSA) is 128 Å². The van der Waals surface area contributed by atoms with Crippen LogP contribution < -0.4 is 20.3 Å². The zero-order chi connectivity index (χ0) is 29.1. The zero-order valence-electron chi connectivity index (χ0n) is 21.8. The third-order valence-corrected chi connectivity index (χ3v) is 9.85. The minimum absolute atomic E-state index is 0.0825. The molecule has 1 aromatic heterocycles. The molecule has 0 spiro atoms. The number of urea groups is 1. The van der Waals surface area contributed by atoms with Crippen LogP contribution in [0.15, 0.2) is 52.7 Å². The number of amides is 4. The summed E-state index contributed by atoms with van der Waals surface area (Å²) in [6.45, 7) is 4.08. The Morgan fingerprint density at radius 2 is 1.78 bits per heavy atom. The number of imide groups is 1. The molecule has 14 heteroatoms. The van der Waals surface area contributed by atoms with Crippen molar-refractivity contribution in [2.24, 2.45) is 0 Å². The van der Waals surface area contributed by atoms with Gasteiger partial charge in [-0.1, -0.05) is 11.6 Å². The SMILES string of the molecule is O=C(Nc1ccc(N2C(=O)Cc3cc(NCCCN4CCCC4)ccc3C2=O)c(F)c1)NS(=O)(=O)c1ccc(Cl)s1. The van der Waals surface area contributed by atoms with E-state index in [4.69, 9.17) is 11.6 Å². The maximum absolute atomic E-state index is 15.1. The molecule has 10 nitrogen and oxygen atoms in total. The molecule has 0 atom stereocenters. The van der Waals surface area contributed by atoms with Gasteiger partial charge in [-0.2, -0.15) is 0 Å². The van der Waals surface area contributed by atoms with Crippen LogP contribution in [0.2, 0.25) is 4.34 Å². The Bertz CT molecular complexity index is 1610. The first-order valence-corrected chi connectivity index (χ1v) is 15.6. The van der Waals surface area contributed by atoms with Gasteiger partial charge in [0, 0.05) is 23.5 Å². The van der Waals surface area contributed by atoms with Crippen molar-refractivity contribution in [3.8, 4) is 0 Å². The van der Waals surface area contributed by atoms with E-state index in [2.05, 4.69) is 15.5 Å². The third kappa shape index (κ3) is 6.70. The minimum atomic E-state index is -4.18.